The average molecular weight is 316 g/mol. The summed E-state index contributed by atoms with van der Waals surface area (Å²) in [6.07, 6.45) is 0.775. The Morgan fingerprint density at radius 3 is 2.59 bits per heavy atom. The molecule has 0 spiro atoms. The van der Waals surface area contributed by atoms with Crippen molar-refractivity contribution < 1.29 is 9.59 Å². The number of fused-ring (bicyclic) bond motifs is 1. The first-order chi connectivity index (χ1) is 10.5. The van der Waals surface area contributed by atoms with Crippen LogP contribution in [0.1, 0.15) is 12.5 Å². The van der Waals surface area contributed by atoms with Gasteiger partial charge in [0.25, 0.3) is 0 Å². The largest absolute Gasteiger partial charge is 0.369 e. The Kier molecular flexibility index (Phi) is 5.83. The van der Waals surface area contributed by atoms with E-state index in [0.717, 1.165) is 6.42 Å². The topological polar surface area (TPSA) is 72.2 Å². The number of hydrogen-bond donors (Lipinski definition) is 2. The summed E-state index contributed by atoms with van der Waals surface area (Å²) in [6.45, 7) is 1.98. The lowest BCUT2D eigenvalue weighted by Gasteiger charge is -2.14. The van der Waals surface area contributed by atoms with E-state index in [1.807, 2.05) is 19.1 Å². The molecule has 0 aliphatic rings. The zero-order valence-corrected chi connectivity index (χ0v) is 13.4. The smallest absolute Gasteiger partial charge is 0.230 e. The summed E-state index contributed by atoms with van der Waals surface area (Å²) in [5.74, 6) is -0.0427. The van der Waals surface area contributed by atoms with Crippen molar-refractivity contribution in [2.45, 2.75) is 19.4 Å². The molecule has 116 valence electrons. The van der Waals surface area contributed by atoms with Crippen LogP contribution in [0.4, 0.5) is 0 Å². The molecule has 0 saturated heterocycles. The minimum absolute atomic E-state index is 0.0443. The molecule has 2 rings (SSSR count). The number of benzene rings is 2. The maximum atomic E-state index is 11.8. The Morgan fingerprint density at radius 2 is 1.86 bits per heavy atom. The van der Waals surface area contributed by atoms with Gasteiger partial charge in [-0.3, -0.25) is 9.59 Å². The van der Waals surface area contributed by atoms with Crippen molar-refractivity contribution in [1.82, 2.24) is 5.32 Å². The van der Waals surface area contributed by atoms with E-state index < -0.39 is 5.91 Å². The van der Waals surface area contributed by atoms with Gasteiger partial charge in [-0.25, -0.2) is 0 Å². The van der Waals surface area contributed by atoms with Gasteiger partial charge < -0.3 is 11.1 Å². The molecule has 22 heavy (non-hydrogen) atoms. The lowest BCUT2D eigenvalue weighted by molar-refractivity contribution is -0.119. The maximum Gasteiger partial charge on any atom is 0.230 e. The molecule has 2 amide bonds. The molecule has 0 bridgehead atoms. The number of hydrogen-bond acceptors (Lipinski definition) is 3. The van der Waals surface area contributed by atoms with Crippen molar-refractivity contribution in [3.8, 4) is 0 Å². The van der Waals surface area contributed by atoms with E-state index in [9.17, 15) is 9.59 Å². The summed E-state index contributed by atoms with van der Waals surface area (Å²) in [5.41, 5.74) is 6.23. The van der Waals surface area contributed by atoms with Crippen molar-refractivity contribution in [1.29, 1.82) is 0 Å². The van der Waals surface area contributed by atoms with Crippen LogP contribution in [0.3, 0.4) is 0 Å². The second kappa shape index (κ2) is 7.84. The summed E-state index contributed by atoms with van der Waals surface area (Å²) >= 11 is 1.23. The van der Waals surface area contributed by atoms with Gasteiger partial charge in [-0.15, -0.1) is 11.8 Å². The lowest BCUT2D eigenvalue weighted by atomic mass is 10.0. The Balaban J connectivity index is 1.86. The molecule has 2 aromatic rings. The lowest BCUT2D eigenvalue weighted by Crippen LogP contribution is -2.35. The molecular formula is C17H20N2O2S. The first-order valence-electron chi connectivity index (χ1n) is 7.17. The predicted octanol–water partition coefficient (Wildman–Crippen LogP) is 2.11. The number of primary amides is 1. The summed E-state index contributed by atoms with van der Waals surface area (Å²) in [5, 5.41) is 5.36. The van der Waals surface area contributed by atoms with Crippen LogP contribution < -0.4 is 11.1 Å². The van der Waals surface area contributed by atoms with E-state index >= 15 is 0 Å². The van der Waals surface area contributed by atoms with Crippen molar-refractivity contribution in [3.05, 3.63) is 48.0 Å². The fraction of sp³-hybridized carbons (Fsp3) is 0.294. The first kappa shape index (κ1) is 16.4. The van der Waals surface area contributed by atoms with Crippen molar-refractivity contribution in [3.63, 3.8) is 0 Å². The second-order valence-corrected chi connectivity index (χ2v) is 6.30. The number of thioether (sulfide) groups is 1. The molecule has 0 unspecified atom stereocenters. The summed E-state index contributed by atoms with van der Waals surface area (Å²) < 4.78 is 0. The van der Waals surface area contributed by atoms with E-state index in [2.05, 4.69) is 35.6 Å². The van der Waals surface area contributed by atoms with Crippen LogP contribution >= 0.6 is 11.8 Å². The number of rotatable bonds is 7. The van der Waals surface area contributed by atoms with Crippen LogP contribution in [0.25, 0.3) is 10.8 Å². The van der Waals surface area contributed by atoms with Crippen molar-refractivity contribution >= 4 is 34.3 Å². The molecule has 0 aliphatic carbocycles. The van der Waals surface area contributed by atoms with Gasteiger partial charge in [0.05, 0.1) is 11.5 Å². The van der Waals surface area contributed by atoms with E-state index in [4.69, 9.17) is 5.73 Å². The molecule has 3 N–H and O–H groups in total. The highest BCUT2D eigenvalue weighted by atomic mass is 32.2. The fourth-order valence-electron chi connectivity index (χ4n) is 2.33. The molecule has 0 heterocycles. The SMILES string of the molecule is C[C@@H](Cc1ccc2ccccc2c1)NC(=O)CSCC(N)=O. The summed E-state index contributed by atoms with van der Waals surface area (Å²) in [6, 6.07) is 14.6. The molecule has 0 aliphatic heterocycles. The Bertz CT molecular complexity index is 673. The molecule has 5 heteroatoms. The second-order valence-electron chi connectivity index (χ2n) is 5.31. The van der Waals surface area contributed by atoms with E-state index in [1.54, 1.807) is 0 Å². The van der Waals surface area contributed by atoms with Gasteiger partial charge >= 0.3 is 0 Å². The quantitative estimate of drug-likeness (QED) is 0.822. The zero-order chi connectivity index (χ0) is 15.9. The van der Waals surface area contributed by atoms with Gasteiger partial charge in [-0.05, 0) is 29.7 Å². The van der Waals surface area contributed by atoms with E-state index in [0.29, 0.717) is 0 Å². The number of carbonyl (C=O) groups is 2. The minimum atomic E-state index is -0.401. The molecule has 2 aromatic carbocycles. The molecule has 0 fully saturated rings. The van der Waals surface area contributed by atoms with Crippen LogP contribution in [0.15, 0.2) is 42.5 Å². The summed E-state index contributed by atoms with van der Waals surface area (Å²) in [4.78, 5) is 22.4. The van der Waals surface area contributed by atoms with Gasteiger partial charge in [0.15, 0.2) is 0 Å². The fourth-order valence-corrected chi connectivity index (χ4v) is 2.90. The third kappa shape index (κ3) is 5.07. The predicted molar refractivity (Wildman–Crippen MR) is 91.8 cm³/mol. The number of amides is 2. The van der Waals surface area contributed by atoms with Crippen LogP contribution in [0, 0.1) is 0 Å². The standard InChI is InChI=1S/C17H20N2O2S/c1-12(19-17(21)11-22-10-16(18)20)8-13-6-7-14-4-2-3-5-15(14)9-13/h2-7,9,12H,8,10-11H2,1H3,(H2,18,20)(H,19,21)/t12-/m0/s1. The van der Waals surface area contributed by atoms with E-state index in [1.165, 1.54) is 28.1 Å². The van der Waals surface area contributed by atoms with Crippen LogP contribution in [0.5, 0.6) is 0 Å². The molecule has 0 radical (unpaired) electrons. The zero-order valence-electron chi connectivity index (χ0n) is 12.5. The highest BCUT2D eigenvalue weighted by Gasteiger charge is 2.09. The molecule has 0 saturated carbocycles. The Hall–Kier alpha value is -2.01. The van der Waals surface area contributed by atoms with Gasteiger partial charge in [0, 0.05) is 6.04 Å². The van der Waals surface area contributed by atoms with Crippen LogP contribution in [0.2, 0.25) is 0 Å². The normalized spacial score (nSPS) is 12.0. The van der Waals surface area contributed by atoms with Crippen LogP contribution in [-0.4, -0.2) is 29.4 Å². The highest BCUT2D eigenvalue weighted by molar-refractivity contribution is 8.00. The third-order valence-corrected chi connectivity index (χ3v) is 4.20. The van der Waals surface area contributed by atoms with Crippen molar-refractivity contribution in [2.24, 2.45) is 5.73 Å². The molecular weight excluding hydrogens is 296 g/mol. The molecule has 1 atom stereocenters. The number of carbonyl (C=O) groups excluding carboxylic acids is 2. The molecule has 4 nitrogen and oxygen atoms in total. The molecule has 0 aromatic heterocycles. The first-order valence-corrected chi connectivity index (χ1v) is 8.33. The van der Waals surface area contributed by atoms with Gasteiger partial charge in [-0.2, -0.15) is 0 Å². The Labute approximate surface area is 134 Å². The van der Waals surface area contributed by atoms with Crippen molar-refractivity contribution in [2.75, 3.05) is 11.5 Å². The number of nitrogens with one attached hydrogen (secondary N) is 1. The Morgan fingerprint density at radius 1 is 1.14 bits per heavy atom. The summed E-state index contributed by atoms with van der Waals surface area (Å²) in [7, 11) is 0. The highest BCUT2D eigenvalue weighted by Crippen LogP contribution is 2.16. The number of nitrogens with two attached hydrogens (primary N) is 1. The minimum Gasteiger partial charge on any atom is -0.369 e. The van der Waals surface area contributed by atoms with Crippen LogP contribution in [-0.2, 0) is 16.0 Å². The monoisotopic (exact) mass is 316 g/mol. The van der Waals surface area contributed by atoms with Gasteiger partial charge in [-0.1, -0.05) is 42.5 Å². The average Bonchev–Trinajstić information content (AvgIpc) is 2.46. The third-order valence-electron chi connectivity index (χ3n) is 3.24. The van der Waals surface area contributed by atoms with Gasteiger partial charge in [0.2, 0.25) is 11.8 Å². The van der Waals surface area contributed by atoms with Gasteiger partial charge in [0.1, 0.15) is 0 Å². The van der Waals surface area contributed by atoms with E-state index in [-0.39, 0.29) is 23.5 Å². The maximum absolute atomic E-state index is 11.8.